The largest absolute Gasteiger partial charge is 0.412 e. The van der Waals surface area contributed by atoms with E-state index in [4.69, 9.17) is 28.5 Å². The maximum Gasteiger partial charge on any atom is 0.318 e. The van der Waals surface area contributed by atoms with E-state index in [1.165, 1.54) is 0 Å². The number of carbonyl (C=O) groups is 2. The third-order valence-electron chi connectivity index (χ3n) is 2.01. The van der Waals surface area contributed by atoms with E-state index < -0.39 is 17.9 Å². The zero-order valence-electron chi connectivity index (χ0n) is 12.6. The molecule has 0 atom stereocenters. The van der Waals surface area contributed by atoms with Crippen LogP contribution in [-0.4, -0.2) is 39.4 Å². The Balaban J connectivity index is -0.00000147. The van der Waals surface area contributed by atoms with Crippen LogP contribution >= 0.6 is 36.4 Å². The number of carbonyl (C=O) groups excluding carboxylic acids is 2. The molecular formula is C10H19Cl3N8O3. The number of hydrogen-bond donors (Lipinski definition) is 6. The summed E-state index contributed by atoms with van der Waals surface area (Å²) in [5.41, 5.74) is 10.2. The first-order chi connectivity index (χ1) is 9.70. The highest BCUT2D eigenvalue weighted by Gasteiger charge is 2.18. The van der Waals surface area contributed by atoms with Crippen LogP contribution in [-0.2, 0) is 0 Å². The smallest absolute Gasteiger partial charge is 0.318 e. The standard InChI is InChI=1S/C10H15ClN8O2.2ClH.H2O/c1-3(2)15-7-5(11)16-4(6(12)17-7)8(20)18-9(13)19-10(14)21;;;/h3H,1-2H3,(H3,12,15,17)(H5,13,14,18,19,20,21);2*1H;1H2. The van der Waals surface area contributed by atoms with Gasteiger partial charge < -0.3 is 22.3 Å². The number of halogens is 3. The number of anilines is 2. The van der Waals surface area contributed by atoms with Crippen molar-refractivity contribution in [3.05, 3.63) is 10.8 Å². The van der Waals surface area contributed by atoms with Gasteiger partial charge in [-0.05, 0) is 13.8 Å². The molecule has 138 valence electrons. The summed E-state index contributed by atoms with van der Waals surface area (Å²) in [5.74, 6) is -1.40. The Morgan fingerprint density at radius 1 is 1.21 bits per heavy atom. The number of urea groups is 1. The lowest BCUT2D eigenvalue weighted by Crippen LogP contribution is -2.45. The van der Waals surface area contributed by atoms with Crippen LogP contribution in [0.5, 0.6) is 0 Å². The van der Waals surface area contributed by atoms with Crippen LogP contribution in [0.3, 0.4) is 0 Å². The highest BCUT2D eigenvalue weighted by molar-refractivity contribution is 6.32. The Hall–Kier alpha value is -2.08. The summed E-state index contributed by atoms with van der Waals surface area (Å²) in [4.78, 5) is 30.1. The molecule has 1 heterocycles. The van der Waals surface area contributed by atoms with Crippen molar-refractivity contribution in [1.29, 1.82) is 5.41 Å². The molecule has 0 aliphatic rings. The van der Waals surface area contributed by atoms with Crippen molar-refractivity contribution in [2.24, 2.45) is 5.73 Å². The molecule has 0 fully saturated rings. The molecule has 10 N–H and O–H groups in total. The average Bonchev–Trinajstić information content (AvgIpc) is 2.31. The van der Waals surface area contributed by atoms with Crippen molar-refractivity contribution in [2.45, 2.75) is 19.9 Å². The van der Waals surface area contributed by atoms with E-state index in [9.17, 15) is 9.59 Å². The van der Waals surface area contributed by atoms with Gasteiger partial charge in [-0.2, -0.15) is 0 Å². The van der Waals surface area contributed by atoms with Crippen molar-refractivity contribution < 1.29 is 15.1 Å². The Kier molecular flexibility index (Phi) is 12.8. The molecule has 1 aromatic rings. The zero-order chi connectivity index (χ0) is 16.2. The fourth-order valence-corrected chi connectivity index (χ4v) is 1.47. The normalized spacial score (nSPS) is 8.83. The van der Waals surface area contributed by atoms with Gasteiger partial charge in [0.2, 0.25) is 5.96 Å². The van der Waals surface area contributed by atoms with Gasteiger partial charge in [-0.3, -0.25) is 20.8 Å². The van der Waals surface area contributed by atoms with Crippen LogP contribution in [0.2, 0.25) is 5.15 Å². The molecule has 0 radical (unpaired) electrons. The number of nitrogens with two attached hydrogens (primary N) is 2. The number of guanidine groups is 1. The van der Waals surface area contributed by atoms with Crippen molar-refractivity contribution in [3.63, 3.8) is 0 Å². The van der Waals surface area contributed by atoms with Crippen LogP contribution in [0.15, 0.2) is 0 Å². The number of primary amides is 1. The molecule has 3 amide bonds. The second kappa shape index (κ2) is 11.5. The molecule has 14 heteroatoms. The third-order valence-corrected chi connectivity index (χ3v) is 2.27. The van der Waals surface area contributed by atoms with E-state index in [1.54, 1.807) is 0 Å². The molecule has 0 saturated heterocycles. The average molecular weight is 406 g/mol. The van der Waals surface area contributed by atoms with Crippen LogP contribution in [0, 0.1) is 5.41 Å². The van der Waals surface area contributed by atoms with Gasteiger partial charge in [0.15, 0.2) is 22.5 Å². The number of nitrogens with zero attached hydrogens (tertiary/aromatic N) is 2. The summed E-state index contributed by atoms with van der Waals surface area (Å²) in [6.45, 7) is 3.73. The zero-order valence-corrected chi connectivity index (χ0v) is 15.0. The maximum atomic E-state index is 11.8. The van der Waals surface area contributed by atoms with E-state index >= 15 is 0 Å². The van der Waals surface area contributed by atoms with E-state index in [0.717, 1.165) is 0 Å². The number of hydrogen-bond acceptors (Lipinski definition) is 7. The molecule has 11 nitrogen and oxygen atoms in total. The second-order valence-corrected chi connectivity index (χ2v) is 4.57. The quantitative estimate of drug-likeness (QED) is 0.298. The third kappa shape index (κ3) is 7.97. The van der Waals surface area contributed by atoms with Crippen LogP contribution in [0.25, 0.3) is 0 Å². The maximum absolute atomic E-state index is 11.8. The molecule has 0 aromatic carbocycles. The minimum absolute atomic E-state index is 0. The molecule has 24 heavy (non-hydrogen) atoms. The molecule has 0 saturated carbocycles. The number of amides is 3. The lowest BCUT2D eigenvalue weighted by molar-refractivity contribution is 0.0972. The fourth-order valence-electron chi connectivity index (χ4n) is 1.29. The van der Waals surface area contributed by atoms with Gasteiger partial charge in [0.1, 0.15) is 0 Å². The molecule has 0 spiro atoms. The molecule has 0 unspecified atom stereocenters. The molecule has 0 aliphatic heterocycles. The van der Waals surface area contributed by atoms with Crippen molar-refractivity contribution >= 4 is 65.9 Å². The molecule has 1 aromatic heterocycles. The summed E-state index contributed by atoms with van der Waals surface area (Å²) in [7, 11) is 0. The fraction of sp³-hybridized carbons (Fsp3) is 0.300. The Morgan fingerprint density at radius 3 is 2.21 bits per heavy atom. The van der Waals surface area contributed by atoms with E-state index in [-0.39, 0.29) is 58.8 Å². The van der Waals surface area contributed by atoms with Gasteiger partial charge in [0.05, 0.1) is 0 Å². The van der Waals surface area contributed by atoms with Crippen LogP contribution in [0.4, 0.5) is 16.4 Å². The minimum atomic E-state index is -0.992. The Bertz CT molecular complexity index is 599. The minimum Gasteiger partial charge on any atom is -0.412 e. The lowest BCUT2D eigenvalue weighted by atomic mass is 10.3. The first kappa shape index (κ1) is 26.8. The monoisotopic (exact) mass is 404 g/mol. The number of aromatic nitrogens is 2. The highest BCUT2D eigenvalue weighted by atomic mass is 35.5. The molecule has 0 aliphatic carbocycles. The lowest BCUT2D eigenvalue weighted by Gasteiger charge is -2.12. The summed E-state index contributed by atoms with van der Waals surface area (Å²) >= 11 is 5.90. The molecule has 0 bridgehead atoms. The van der Waals surface area contributed by atoms with Crippen LogP contribution in [0.1, 0.15) is 24.3 Å². The van der Waals surface area contributed by atoms with Gasteiger partial charge in [-0.15, -0.1) is 24.8 Å². The summed E-state index contributed by atoms with van der Waals surface area (Å²) in [6.07, 6.45) is 0. The predicted molar refractivity (Wildman–Crippen MR) is 96.2 cm³/mol. The molecular weight excluding hydrogens is 387 g/mol. The number of rotatable bonds is 3. The first-order valence-corrected chi connectivity index (χ1v) is 6.14. The number of nitrogens with one attached hydrogen (secondary N) is 4. The summed E-state index contributed by atoms with van der Waals surface area (Å²) in [6, 6.07) is -0.947. The van der Waals surface area contributed by atoms with E-state index in [0.29, 0.717) is 0 Å². The van der Waals surface area contributed by atoms with E-state index in [1.807, 2.05) is 24.5 Å². The topological polar surface area (TPSA) is 203 Å². The SMILES string of the molecule is CC(C)Nc1nc(N)c(C(=O)NC(=N)NC(N)=O)nc1Cl.Cl.Cl.O. The van der Waals surface area contributed by atoms with Crippen molar-refractivity contribution in [3.8, 4) is 0 Å². The molecule has 1 rings (SSSR count). The summed E-state index contributed by atoms with van der Waals surface area (Å²) in [5, 5.41) is 14.0. The summed E-state index contributed by atoms with van der Waals surface area (Å²) < 4.78 is 0. The van der Waals surface area contributed by atoms with Crippen molar-refractivity contribution in [2.75, 3.05) is 11.1 Å². The van der Waals surface area contributed by atoms with Crippen molar-refractivity contribution in [1.82, 2.24) is 20.6 Å². The van der Waals surface area contributed by atoms with Gasteiger partial charge >= 0.3 is 6.03 Å². The predicted octanol–water partition coefficient (Wildman–Crippen LogP) is -0.116. The van der Waals surface area contributed by atoms with Gasteiger partial charge in [0, 0.05) is 6.04 Å². The van der Waals surface area contributed by atoms with Gasteiger partial charge in [-0.1, -0.05) is 11.6 Å². The van der Waals surface area contributed by atoms with Crippen LogP contribution < -0.4 is 27.4 Å². The Morgan fingerprint density at radius 2 is 1.75 bits per heavy atom. The van der Waals surface area contributed by atoms with Gasteiger partial charge in [0.25, 0.3) is 5.91 Å². The second-order valence-electron chi connectivity index (χ2n) is 4.21. The van der Waals surface area contributed by atoms with E-state index in [2.05, 4.69) is 15.3 Å². The highest BCUT2D eigenvalue weighted by Crippen LogP contribution is 2.21. The first-order valence-electron chi connectivity index (χ1n) is 5.76. The Labute approximate surface area is 154 Å². The number of nitrogen functional groups attached to an aromatic ring is 1. The van der Waals surface area contributed by atoms with Gasteiger partial charge in [-0.25, -0.2) is 14.8 Å².